The maximum Gasteiger partial charge on any atom is 0.257 e. The molecule has 0 radical (unpaired) electrons. The van der Waals surface area contributed by atoms with Crippen LogP contribution in [0.2, 0.25) is 0 Å². The van der Waals surface area contributed by atoms with Gasteiger partial charge in [-0.05, 0) is 32.4 Å². The number of benzene rings is 1. The Morgan fingerprint density at radius 1 is 1.36 bits per heavy atom. The van der Waals surface area contributed by atoms with Gasteiger partial charge in [-0.2, -0.15) is 0 Å². The Labute approximate surface area is 138 Å². The van der Waals surface area contributed by atoms with Crippen LogP contribution >= 0.6 is 15.9 Å². The van der Waals surface area contributed by atoms with Gasteiger partial charge in [0.15, 0.2) is 0 Å². The fourth-order valence-electron chi connectivity index (χ4n) is 2.05. The van der Waals surface area contributed by atoms with Crippen LogP contribution < -0.4 is 5.32 Å². The van der Waals surface area contributed by atoms with Gasteiger partial charge in [-0.25, -0.2) is 0 Å². The molecule has 2 rings (SSSR count). The Balaban J connectivity index is 2.08. The van der Waals surface area contributed by atoms with Crippen molar-refractivity contribution in [2.45, 2.75) is 20.3 Å². The number of carbonyl (C=O) groups excluding carboxylic acids is 1. The molecule has 0 saturated heterocycles. The molecule has 0 aliphatic rings. The first-order valence-corrected chi connectivity index (χ1v) is 8.01. The summed E-state index contributed by atoms with van der Waals surface area (Å²) in [4.78, 5) is 12.4. The number of hydrogen-bond acceptors (Lipinski definition) is 4. The Hall–Kier alpha value is -1.66. The van der Waals surface area contributed by atoms with E-state index in [-0.39, 0.29) is 5.91 Å². The van der Waals surface area contributed by atoms with Crippen LogP contribution in [0.5, 0.6) is 0 Å². The van der Waals surface area contributed by atoms with Crippen LogP contribution in [0.1, 0.15) is 29.5 Å². The van der Waals surface area contributed by atoms with E-state index >= 15 is 0 Å². The zero-order valence-corrected chi connectivity index (χ0v) is 14.3. The van der Waals surface area contributed by atoms with Gasteiger partial charge < -0.3 is 14.6 Å². The van der Waals surface area contributed by atoms with Gasteiger partial charge >= 0.3 is 0 Å². The topological polar surface area (TPSA) is 64.4 Å². The predicted molar refractivity (Wildman–Crippen MR) is 87.8 cm³/mol. The summed E-state index contributed by atoms with van der Waals surface area (Å²) in [5, 5.41) is 6.90. The third-order valence-corrected chi connectivity index (χ3v) is 3.69. The van der Waals surface area contributed by atoms with E-state index in [1.54, 1.807) is 6.92 Å². The van der Waals surface area contributed by atoms with E-state index in [0.29, 0.717) is 36.8 Å². The van der Waals surface area contributed by atoms with Gasteiger partial charge in [0.1, 0.15) is 17.0 Å². The Kier molecular flexibility index (Phi) is 6.15. The highest BCUT2D eigenvalue weighted by Gasteiger charge is 2.21. The van der Waals surface area contributed by atoms with Crippen molar-refractivity contribution in [1.82, 2.24) is 10.5 Å². The molecule has 118 valence electrons. The second kappa shape index (κ2) is 8.10. The first-order valence-electron chi connectivity index (χ1n) is 7.21. The molecule has 0 aliphatic carbocycles. The third-order valence-electron chi connectivity index (χ3n) is 3.16. The molecule has 1 aromatic carbocycles. The van der Waals surface area contributed by atoms with E-state index in [1.807, 2.05) is 31.2 Å². The van der Waals surface area contributed by atoms with Gasteiger partial charge in [0.25, 0.3) is 5.91 Å². The Bertz CT molecular complexity index is 623. The molecule has 1 heterocycles. The molecular weight excluding hydrogens is 348 g/mol. The van der Waals surface area contributed by atoms with E-state index < -0.39 is 0 Å². The summed E-state index contributed by atoms with van der Waals surface area (Å²) in [5.74, 6) is 0.341. The lowest BCUT2D eigenvalue weighted by Gasteiger charge is -2.06. The molecule has 22 heavy (non-hydrogen) atoms. The average Bonchev–Trinajstić information content (AvgIpc) is 2.89. The molecule has 0 atom stereocenters. The van der Waals surface area contributed by atoms with Crippen molar-refractivity contribution in [2.24, 2.45) is 0 Å². The average molecular weight is 367 g/mol. The lowest BCUT2D eigenvalue weighted by Crippen LogP contribution is -2.26. The van der Waals surface area contributed by atoms with E-state index in [2.05, 4.69) is 26.4 Å². The normalized spacial score (nSPS) is 10.7. The van der Waals surface area contributed by atoms with Crippen LogP contribution in [-0.4, -0.2) is 30.8 Å². The van der Waals surface area contributed by atoms with Gasteiger partial charge in [0.05, 0.1) is 0 Å². The minimum Gasteiger partial charge on any atom is -0.382 e. The van der Waals surface area contributed by atoms with Crippen LogP contribution in [0.4, 0.5) is 0 Å². The second-order valence-electron chi connectivity index (χ2n) is 4.78. The molecule has 0 saturated carbocycles. The van der Waals surface area contributed by atoms with Gasteiger partial charge in [0, 0.05) is 29.8 Å². The van der Waals surface area contributed by atoms with Crippen LogP contribution in [0.25, 0.3) is 11.3 Å². The van der Waals surface area contributed by atoms with Crippen molar-refractivity contribution in [3.05, 3.63) is 40.1 Å². The number of carbonyl (C=O) groups is 1. The summed E-state index contributed by atoms with van der Waals surface area (Å²) in [6, 6.07) is 7.60. The number of aromatic nitrogens is 1. The molecule has 1 aromatic heterocycles. The predicted octanol–water partition coefficient (Wildman–Crippen LogP) is 3.57. The lowest BCUT2D eigenvalue weighted by atomic mass is 10.1. The highest BCUT2D eigenvalue weighted by molar-refractivity contribution is 9.10. The van der Waals surface area contributed by atoms with Crippen molar-refractivity contribution in [3.63, 3.8) is 0 Å². The summed E-state index contributed by atoms with van der Waals surface area (Å²) in [5.41, 5.74) is 1.89. The van der Waals surface area contributed by atoms with Crippen molar-refractivity contribution in [1.29, 1.82) is 0 Å². The molecule has 0 fully saturated rings. The minimum absolute atomic E-state index is 0.173. The number of nitrogens with zero attached hydrogens (tertiary/aromatic N) is 1. The molecule has 2 aromatic rings. The van der Waals surface area contributed by atoms with Gasteiger partial charge in [-0.3, -0.25) is 4.79 Å². The van der Waals surface area contributed by atoms with E-state index in [4.69, 9.17) is 9.26 Å². The minimum atomic E-state index is -0.173. The van der Waals surface area contributed by atoms with Crippen LogP contribution in [0, 0.1) is 6.92 Å². The fourth-order valence-corrected chi connectivity index (χ4v) is 2.32. The smallest absolute Gasteiger partial charge is 0.257 e. The molecular formula is C16H19BrN2O3. The third kappa shape index (κ3) is 4.18. The number of nitrogens with one attached hydrogen (secondary N) is 1. The molecule has 5 nitrogen and oxygen atoms in total. The van der Waals surface area contributed by atoms with E-state index in [9.17, 15) is 4.79 Å². The fraction of sp³-hybridized carbons (Fsp3) is 0.375. The summed E-state index contributed by atoms with van der Waals surface area (Å²) in [6.07, 6.45) is 0.775. The molecule has 1 N–H and O–H groups in total. The molecule has 0 aliphatic heterocycles. The van der Waals surface area contributed by atoms with E-state index in [1.165, 1.54) is 0 Å². The number of halogens is 1. The Morgan fingerprint density at radius 3 is 2.77 bits per heavy atom. The number of amides is 1. The van der Waals surface area contributed by atoms with Crippen molar-refractivity contribution in [3.8, 4) is 11.3 Å². The molecule has 0 spiro atoms. The first kappa shape index (κ1) is 16.7. The monoisotopic (exact) mass is 366 g/mol. The summed E-state index contributed by atoms with van der Waals surface area (Å²) >= 11 is 3.39. The Morgan fingerprint density at radius 2 is 2.09 bits per heavy atom. The lowest BCUT2D eigenvalue weighted by molar-refractivity contribution is 0.0943. The highest BCUT2D eigenvalue weighted by Crippen LogP contribution is 2.26. The quantitative estimate of drug-likeness (QED) is 0.760. The first-order chi connectivity index (χ1) is 10.6. The van der Waals surface area contributed by atoms with Crippen molar-refractivity contribution >= 4 is 21.8 Å². The van der Waals surface area contributed by atoms with Gasteiger partial charge in [-0.1, -0.05) is 33.2 Å². The number of hydrogen-bond donors (Lipinski definition) is 1. The zero-order chi connectivity index (χ0) is 15.9. The van der Waals surface area contributed by atoms with Crippen molar-refractivity contribution < 1.29 is 14.1 Å². The number of rotatable bonds is 7. The zero-order valence-electron chi connectivity index (χ0n) is 12.7. The summed E-state index contributed by atoms with van der Waals surface area (Å²) in [6.45, 7) is 5.57. The molecule has 1 amide bonds. The largest absolute Gasteiger partial charge is 0.382 e. The van der Waals surface area contributed by atoms with Gasteiger partial charge in [0.2, 0.25) is 0 Å². The highest BCUT2D eigenvalue weighted by atomic mass is 79.9. The second-order valence-corrected chi connectivity index (χ2v) is 5.69. The SMILES string of the molecule is CCOCCCNC(=O)c1c(-c2ccc(Br)cc2)noc1C. The van der Waals surface area contributed by atoms with Crippen LogP contribution in [0.15, 0.2) is 33.3 Å². The molecule has 0 bridgehead atoms. The summed E-state index contributed by atoms with van der Waals surface area (Å²) < 4.78 is 11.4. The van der Waals surface area contributed by atoms with Crippen LogP contribution in [0.3, 0.4) is 0 Å². The molecule has 6 heteroatoms. The summed E-state index contributed by atoms with van der Waals surface area (Å²) in [7, 11) is 0. The number of aryl methyl sites for hydroxylation is 1. The van der Waals surface area contributed by atoms with E-state index in [0.717, 1.165) is 16.5 Å². The maximum absolute atomic E-state index is 12.4. The van der Waals surface area contributed by atoms with Gasteiger partial charge in [-0.15, -0.1) is 0 Å². The molecule has 0 unspecified atom stereocenters. The van der Waals surface area contributed by atoms with Crippen LogP contribution in [-0.2, 0) is 4.74 Å². The van der Waals surface area contributed by atoms with Crippen molar-refractivity contribution in [2.75, 3.05) is 19.8 Å². The maximum atomic E-state index is 12.4. The number of ether oxygens (including phenoxy) is 1. The standard InChI is InChI=1S/C16H19BrN2O3/c1-3-21-10-4-9-18-16(20)14-11(2)22-19-15(14)12-5-7-13(17)8-6-12/h5-8H,3-4,9-10H2,1-2H3,(H,18,20).